The zero-order valence-corrected chi connectivity index (χ0v) is 20.5. The molecule has 10 nitrogen and oxygen atoms in total. The Balaban J connectivity index is 1.50. The van der Waals surface area contributed by atoms with Crippen LogP contribution in [0.4, 0.5) is 0 Å². The van der Waals surface area contributed by atoms with Gasteiger partial charge in [0.15, 0.2) is 6.04 Å². The topological polar surface area (TPSA) is 132 Å². The van der Waals surface area contributed by atoms with E-state index in [-0.39, 0.29) is 24.0 Å². The van der Waals surface area contributed by atoms with E-state index in [1.165, 1.54) is 46.7 Å². The molecule has 172 valence electrons. The van der Waals surface area contributed by atoms with E-state index in [0.717, 1.165) is 9.33 Å². The minimum absolute atomic E-state index is 0.0351. The van der Waals surface area contributed by atoms with Gasteiger partial charge in [-0.15, -0.1) is 32.9 Å². The van der Waals surface area contributed by atoms with Crippen molar-refractivity contribution in [2.75, 3.05) is 18.1 Å². The van der Waals surface area contributed by atoms with Crippen LogP contribution in [0.15, 0.2) is 32.9 Å². The zero-order chi connectivity index (χ0) is 23.0. The van der Waals surface area contributed by atoms with E-state index >= 15 is 0 Å². The number of carboxylic acids is 1. The minimum atomic E-state index is -1.79. The van der Waals surface area contributed by atoms with E-state index in [2.05, 4.69) is 10.3 Å². The Labute approximate surface area is 200 Å². The molecule has 2 saturated heterocycles. The minimum Gasteiger partial charge on any atom is -0.587 e. The zero-order valence-electron chi connectivity index (χ0n) is 17.2. The Morgan fingerprint density at radius 1 is 1.50 bits per heavy atom. The molecule has 4 heterocycles. The standard InChI is InChI=1S/C18H21N5O5S4/c1-3-22-12(7-19-20-22)30-9-18(17(26)27)8-21-15(25)14(16(21)31-10-18)23(11(2)24)32(28)13-5-4-6-29-13/h4-7,14,16H,3,8-10H2,1-2H3,(H,26,27)/t14?,16-,18?,32?/m1/s1. The second-order valence-corrected chi connectivity index (χ2v) is 12.0. The van der Waals surface area contributed by atoms with Crippen LogP contribution >= 0.6 is 34.9 Å². The highest BCUT2D eigenvalue weighted by molar-refractivity contribution is 8.00. The molecule has 2 aromatic rings. The highest BCUT2D eigenvalue weighted by Gasteiger charge is 2.62. The molecular formula is C18H21N5O5S4. The van der Waals surface area contributed by atoms with Gasteiger partial charge in [-0.1, -0.05) is 16.6 Å². The number of carbonyl (C=O) groups is 3. The molecule has 2 amide bonds. The van der Waals surface area contributed by atoms with Gasteiger partial charge in [-0.2, -0.15) is 0 Å². The molecule has 3 unspecified atom stereocenters. The third-order valence-corrected chi connectivity index (χ3v) is 10.9. The first-order valence-corrected chi connectivity index (χ1v) is 13.7. The highest BCUT2D eigenvalue weighted by Crippen LogP contribution is 2.46. The van der Waals surface area contributed by atoms with E-state index in [1.54, 1.807) is 28.4 Å². The summed E-state index contributed by atoms with van der Waals surface area (Å²) in [6.45, 7) is 3.87. The number of carboxylic acid groups (broad SMARTS) is 1. The summed E-state index contributed by atoms with van der Waals surface area (Å²) < 4.78 is 16.3. The van der Waals surface area contributed by atoms with Gasteiger partial charge in [0.2, 0.25) is 4.21 Å². The van der Waals surface area contributed by atoms with Gasteiger partial charge in [0.25, 0.3) is 11.8 Å². The number of aryl methyl sites for hydroxylation is 1. The molecule has 0 bridgehead atoms. The maximum absolute atomic E-state index is 13.0. The fourth-order valence-corrected chi connectivity index (χ4v) is 8.82. The number of β-lactam (4-membered cyclic amide) rings is 1. The van der Waals surface area contributed by atoms with Gasteiger partial charge < -0.3 is 14.6 Å². The van der Waals surface area contributed by atoms with Crippen molar-refractivity contribution in [1.29, 1.82) is 0 Å². The van der Waals surface area contributed by atoms with Gasteiger partial charge in [0.1, 0.15) is 27.2 Å². The Bertz CT molecular complexity index is 1020. The lowest BCUT2D eigenvalue weighted by molar-refractivity contribution is -0.161. The average Bonchev–Trinajstić information content (AvgIpc) is 3.46. The Morgan fingerprint density at radius 2 is 2.28 bits per heavy atom. The number of hydrogen-bond acceptors (Lipinski definition) is 9. The number of aliphatic carboxylic acids is 1. The highest BCUT2D eigenvalue weighted by atomic mass is 32.2. The summed E-state index contributed by atoms with van der Waals surface area (Å²) in [7, 11) is 0. The van der Waals surface area contributed by atoms with Crippen molar-refractivity contribution in [3.05, 3.63) is 23.7 Å². The molecule has 1 N–H and O–H groups in total. The van der Waals surface area contributed by atoms with Gasteiger partial charge in [-0.3, -0.25) is 14.4 Å². The predicted molar refractivity (Wildman–Crippen MR) is 121 cm³/mol. The molecule has 14 heteroatoms. The van der Waals surface area contributed by atoms with E-state index < -0.39 is 40.1 Å². The molecule has 32 heavy (non-hydrogen) atoms. The van der Waals surface area contributed by atoms with Crippen molar-refractivity contribution in [3.8, 4) is 0 Å². The van der Waals surface area contributed by atoms with Crippen LogP contribution in [-0.4, -0.2) is 81.1 Å². The number of fused-ring (bicyclic) bond motifs is 1. The normalized spacial score (nSPS) is 25.7. The summed E-state index contributed by atoms with van der Waals surface area (Å²) >= 11 is 2.13. The lowest BCUT2D eigenvalue weighted by Gasteiger charge is -2.54. The van der Waals surface area contributed by atoms with Crippen molar-refractivity contribution < 1.29 is 24.0 Å². The van der Waals surface area contributed by atoms with Crippen molar-refractivity contribution in [2.45, 2.75) is 41.0 Å². The Kier molecular flexibility index (Phi) is 6.77. The number of thiophene rings is 1. The van der Waals surface area contributed by atoms with Crippen LogP contribution in [0.5, 0.6) is 0 Å². The maximum Gasteiger partial charge on any atom is 0.313 e. The number of nitrogens with zero attached hydrogens (tertiary/aromatic N) is 5. The lowest BCUT2D eigenvalue weighted by atomic mass is 9.89. The van der Waals surface area contributed by atoms with Crippen LogP contribution in [0, 0.1) is 5.41 Å². The molecule has 0 aliphatic carbocycles. The first-order valence-electron chi connectivity index (χ1n) is 9.71. The van der Waals surface area contributed by atoms with Gasteiger partial charge >= 0.3 is 5.97 Å². The van der Waals surface area contributed by atoms with Crippen LogP contribution < -0.4 is 0 Å². The van der Waals surface area contributed by atoms with Crippen molar-refractivity contribution in [3.63, 3.8) is 0 Å². The third-order valence-electron chi connectivity index (χ3n) is 5.36. The Morgan fingerprint density at radius 3 is 2.91 bits per heavy atom. The molecule has 2 aliphatic rings. The molecule has 4 atom stereocenters. The van der Waals surface area contributed by atoms with Crippen LogP contribution in [0.3, 0.4) is 0 Å². The molecule has 2 aliphatic heterocycles. The second-order valence-electron chi connectivity index (χ2n) is 7.40. The van der Waals surface area contributed by atoms with E-state index in [4.69, 9.17) is 0 Å². The largest absolute Gasteiger partial charge is 0.587 e. The molecule has 0 saturated carbocycles. The molecule has 0 spiro atoms. The van der Waals surface area contributed by atoms with Gasteiger partial charge in [-0.25, -0.2) is 4.68 Å². The van der Waals surface area contributed by atoms with Crippen molar-refractivity contribution in [2.24, 2.45) is 5.41 Å². The number of amides is 2. The number of aromatic nitrogens is 3. The summed E-state index contributed by atoms with van der Waals surface area (Å²) in [6.07, 6.45) is 1.60. The molecular weight excluding hydrogens is 494 g/mol. The van der Waals surface area contributed by atoms with Crippen molar-refractivity contribution >= 4 is 64.0 Å². The predicted octanol–water partition coefficient (Wildman–Crippen LogP) is 1.38. The van der Waals surface area contributed by atoms with E-state index in [9.17, 15) is 24.0 Å². The summed E-state index contributed by atoms with van der Waals surface area (Å²) in [6, 6.07) is 2.53. The molecule has 0 aromatic carbocycles. The smallest absolute Gasteiger partial charge is 0.313 e. The van der Waals surface area contributed by atoms with Crippen molar-refractivity contribution in [1.82, 2.24) is 24.2 Å². The van der Waals surface area contributed by atoms with Crippen LogP contribution in [0.2, 0.25) is 0 Å². The lowest BCUT2D eigenvalue weighted by Crippen LogP contribution is -2.74. The van der Waals surface area contributed by atoms with Gasteiger partial charge in [0.05, 0.1) is 6.20 Å². The monoisotopic (exact) mass is 515 g/mol. The number of carbonyl (C=O) groups excluding carboxylic acids is 2. The van der Waals surface area contributed by atoms with E-state index in [0.29, 0.717) is 10.8 Å². The fourth-order valence-electron chi connectivity index (χ4n) is 3.63. The average molecular weight is 516 g/mol. The maximum atomic E-state index is 13.0. The van der Waals surface area contributed by atoms with Crippen LogP contribution in [0.25, 0.3) is 0 Å². The molecule has 2 aromatic heterocycles. The molecule has 2 fully saturated rings. The van der Waals surface area contributed by atoms with Crippen LogP contribution in [0.1, 0.15) is 13.8 Å². The fraction of sp³-hybridized carbons (Fsp3) is 0.500. The number of thioether (sulfide) groups is 2. The number of rotatable bonds is 8. The first kappa shape index (κ1) is 23.4. The number of hydrogen-bond donors (Lipinski definition) is 1. The van der Waals surface area contributed by atoms with E-state index in [1.807, 2.05) is 6.92 Å². The Hall–Kier alpha value is -1.74. The van der Waals surface area contributed by atoms with Gasteiger partial charge in [0, 0.05) is 37.6 Å². The quantitative estimate of drug-likeness (QED) is 0.314. The summed E-state index contributed by atoms with van der Waals surface area (Å²) in [5.74, 6) is -1.29. The first-order chi connectivity index (χ1) is 15.3. The summed E-state index contributed by atoms with van der Waals surface area (Å²) in [4.78, 5) is 39.1. The summed E-state index contributed by atoms with van der Waals surface area (Å²) in [5.41, 5.74) is -1.15. The van der Waals surface area contributed by atoms with Gasteiger partial charge in [-0.05, 0) is 18.4 Å². The van der Waals surface area contributed by atoms with Crippen LogP contribution in [-0.2, 0) is 32.3 Å². The summed E-state index contributed by atoms with van der Waals surface area (Å²) in [5, 5.41) is 20.0. The second kappa shape index (κ2) is 9.25. The SMILES string of the molecule is CCn1nncc1SCC1(C(=O)O)CS[C@@H]2C(N(C(C)=O)[S+]([O-])c3cccs3)C(=O)N2C1. The molecule has 4 rings (SSSR count). The third kappa shape index (κ3) is 4.02. The molecule has 0 radical (unpaired) electrons.